The van der Waals surface area contributed by atoms with Crippen molar-refractivity contribution in [2.75, 3.05) is 0 Å². The average molecular weight is 279 g/mol. The molecule has 3 nitrogen and oxygen atoms in total. The van der Waals surface area contributed by atoms with Gasteiger partial charge in [0.1, 0.15) is 0 Å². The summed E-state index contributed by atoms with van der Waals surface area (Å²) < 4.78 is 2.31. The van der Waals surface area contributed by atoms with Gasteiger partial charge in [-0.1, -0.05) is 38.1 Å². The van der Waals surface area contributed by atoms with E-state index in [4.69, 9.17) is 0 Å². The van der Waals surface area contributed by atoms with Crippen LogP contribution in [0.15, 0.2) is 55.0 Å². The topological polar surface area (TPSA) is 29.9 Å². The second kappa shape index (κ2) is 6.10. The number of nitrogens with one attached hydrogen (secondary N) is 1. The van der Waals surface area contributed by atoms with Gasteiger partial charge in [-0.3, -0.25) is 4.98 Å². The molecule has 108 valence electrons. The van der Waals surface area contributed by atoms with Gasteiger partial charge in [-0.2, -0.15) is 0 Å². The first kappa shape index (κ1) is 13.8. The normalized spacial score (nSPS) is 11.4. The van der Waals surface area contributed by atoms with Crippen LogP contribution in [0.3, 0.4) is 0 Å². The molecule has 0 atom stereocenters. The smallest absolute Gasteiger partial charge is 0.0491 e. The van der Waals surface area contributed by atoms with Gasteiger partial charge in [0.2, 0.25) is 0 Å². The molecule has 2 heterocycles. The predicted molar refractivity (Wildman–Crippen MR) is 87.3 cm³/mol. The molecule has 2 aromatic heterocycles. The molecule has 0 unspecified atom stereocenters. The zero-order valence-corrected chi connectivity index (χ0v) is 12.6. The number of benzene rings is 1. The molecule has 3 rings (SSSR count). The predicted octanol–water partition coefficient (Wildman–Crippen LogP) is 3.58. The third kappa shape index (κ3) is 3.14. The number of aromatic nitrogens is 2. The molecular weight excluding hydrogens is 258 g/mol. The zero-order chi connectivity index (χ0) is 14.7. The van der Waals surface area contributed by atoms with E-state index in [-0.39, 0.29) is 0 Å². The van der Waals surface area contributed by atoms with Crippen molar-refractivity contribution in [3.8, 4) is 0 Å². The summed E-state index contributed by atoms with van der Waals surface area (Å²) in [5, 5.41) is 4.83. The Morgan fingerprint density at radius 1 is 1.14 bits per heavy atom. The number of para-hydroxylation sites is 1. The van der Waals surface area contributed by atoms with Crippen LogP contribution in [0.25, 0.3) is 10.9 Å². The highest BCUT2D eigenvalue weighted by Gasteiger charge is 2.08. The van der Waals surface area contributed by atoms with Crippen molar-refractivity contribution in [2.24, 2.45) is 0 Å². The lowest BCUT2D eigenvalue weighted by Crippen LogP contribution is -2.21. The Morgan fingerprint density at radius 3 is 2.76 bits per heavy atom. The van der Waals surface area contributed by atoms with Crippen molar-refractivity contribution < 1.29 is 0 Å². The summed E-state index contributed by atoms with van der Waals surface area (Å²) in [5.41, 5.74) is 3.85. The van der Waals surface area contributed by atoms with Crippen LogP contribution in [0, 0.1) is 0 Å². The summed E-state index contributed by atoms with van der Waals surface area (Å²) in [7, 11) is 0. The van der Waals surface area contributed by atoms with Gasteiger partial charge < -0.3 is 9.88 Å². The highest BCUT2D eigenvalue weighted by Crippen LogP contribution is 2.22. The standard InChI is InChI=1S/C18H21N3/c1-14(2)20-11-16-13-21(12-15-6-5-9-19-10-15)18-8-4-3-7-17(16)18/h3-10,13-14,20H,11-12H2,1-2H3. The molecule has 3 heteroatoms. The lowest BCUT2D eigenvalue weighted by molar-refractivity contribution is 0.589. The number of rotatable bonds is 5. The molecule has 0 spiro atoms. The molecule has 0 aliphatic heterocycles. The van der Waals surface area contributed by atoms with E-state index >= 15 is 0 Å². The van der Waals surface area contributed by atoms with Crippen molar-refractivity contribution in [1.29, 1.82) is 0 Å². The van der Waals surface area contributed by atoms with Gasteiger partial charge >= 0.3 is 0 Å². The van der Waals surface area contributed by atoms with Crippen LogP contribution in [0.1, 0.15) is 25.0 Å². The minimum absolute atomic E-state index is 0.491. The molecule has 0 aliphatic carbocycles. The Hall–Kier alpha value is -2.13. The number of hydrogen-bond acceptors (Lipinski definition) is 2. The minimum Gasteiger partial charge on any atom is -0.343 e. The first-order valence-electron chi connectivity index (χ1n) is 7.43. The fraction of sp³-hybridized carbons (Fsp3) is 0.278. The van der Waals surface area contributed by atoms with Crippen molar-refractivity contribution in [2.45, 2.75) is 33.0 Å². The van der Waals surface area contributed by atoms with Gasteiger partial charge in [0.25, 0.3) is 0 Å². The van der Waals surface area contributed by atoms with Crippen LogP contribution in [0.5, 0.6) is 0 Å². The molecule has 21 heavy (non-hydrogen) atoms. The highest BCUT2D eigenvalue weighted by molar-refractivity contribution is 5.84. The van der Waals surface area contributed by atoms with Gasteiger partial charge in [0, 0.05) is 48.6 Å². The minimum atomic E-state index is 0.491. The van der Waals surface area contributed by atoms with Crippen molar-refractivity contribution in [3.05, 3.63) is 66.1 Å². The lowest BCUT2D eigenvalue weighted by atomic mass is 10.1. The molecule has 0 saturated carbocycles. The van der Waals surface area contributed by atoms with E-state index in [1.807, 2.05) is 18.5 Å². The maximum Gasteiger partial charge on any atom is 0.0491 e. The molecule has 0 bridgehead atoms. The van der Waals surface area contributed by atoms with E-state index in [1.165, 1.54) is 22.0 Å². The van der Waals surface area contributed by atoms with Crippen molar-refractivity contribution >= 4 is 10.9 Å². The van der Waals surface area contributed by atoms with Gasteiger partial charge in [-0.05, 0) is 23.3 Å². The molecule has 0 radical (unpaired) electrons. The summed E-state index contributed by atoms with van der Waals surface area (Å²) in [5.74, 6) is 0. The van der Waals surface area contributed by atoms with Gasteiger partial charge in [-0.25, -0.2) is 0 Å². The fourth-order valence-electron chi connectivity index (χ4n) is 2.60. The maximum atomic E-state index is 4.20. The van der Waals surface area contributed by atoms with Crippen LogP contribution < -0.4 is 5.32 Å². The molecule has 1 N–H and O–H groups in total. The Labute approximate surface area is 125 Å². The number of nitrogens with zero attached hydrogens (tertiary/aromatic N) is 2. The third-order valence-electron chi connectivity index (χ3n) is 3.65. The first-order chi connectivity index (χ1) is 10.2. The van der Waals surface area contributed by atoms with E-state index in [0.717, 1.165) is 13.1 Å². The van der Waals surface area contributed by atoms with E-state index in [1.54, 1.807) is 0 Å². The van der Waals surface area contributed by atoms with Crippen LogP contribution >= 0.6 is 0 Å². The largest absolute Gasteiger partial charge is 0.343 e. The number of fused-ring (bicyclic) bond motifs is 1. The second-order valence-electron chi connectivity index (χ2n) is 5.70. The first-order valence-corrected chi connectivity index (χ1v) is 7.43. The average Bonchev–Trinajstić information content (AvgIpc) is 2.85. The molecule has 1 aromatic carbocycles. The Morgan fingerprint density at radius 2 is 2.00 bits per heavy atom. The van der Waals surface area contributed by atoms with E-state index < -0.39 is 0 Å². The molecule has 0 aliphatic rings. The number of pyridine rings is 1. The SMILES string of the molecule is CC(C)NCc1cn(Cc2cccnc2)c2ccccc12. The fourth-order valence-corrected chi connectivity index (χ4v) is 2.60. The zero-order valence-electron chi connectivity index (χ0n) is 12.6. The molecule has 0 amide bonds. The van der Waals surface area contributed by atoms with Gasteiger partial charge in [0.05, 0.1) is 0 Å². The summed E-state index contributed by atoms with van der Waals surface area (Å²) in [6.07, 6.45) is 6.00. The third-order valence-corrected chi connectivity index (χ3v) is 3.65. The van der Waals surface area contributed by atoms with E-state index in [0.29, 0.717) is 6.04 Å². The van der Waals surface area contributed by atoms with Crippen molar-refractivity contribution in [1.82, 2.24) is 14.9 Å². The van der Waals surface area contributed by atoms with Crippen LogP contribution in [-0.2, 0) is 13.1 Å². The molecule has 0 saturated heterocycles. The van der Waals surface area contributed by atoms with E-state index in [2.05, 4.69) is 65.2 Å². The maximum absolute atomic E-state index is 4.20. The monoisotopic (exact) mass is 279 g/mol. The number of hydrogen-bond donors (Lipinski definition) is 1. The summed E-state index contributed by atoms with van der Waals surface area (Å²) in [6, 6.07) is 13.2. The van der Waals surface area contributed by atoms with Crippen LogP contribution in [0.4, 0.5) is 0 Å². The summed E-state index contributed by atoms with van der Waals surface area (Å²) >= 11 is 0. The Balaban J connectivity index is 1.95. The van der Waals surface area contributed by atoms with Crippen LogP contribution in [-0.4, -0.2) is 15.6 Å². The lowest BCUT2D eigenvalue weighted by Gasteiger charge is -2.06. The van der Waals surface area contributed by atoms with Crippen molar-refractivity contribution in [3.63, 3.8) is 0 Å². The van der Waals surface area contributed by atoms with E-state index in [9.17, 15) is 0 Å². The summed E-state index contributed by atoms with van der Waals surface area (Å²) in [4.78, 5) is 4.20. The van der Waals surface area contributed by atoms with Crippen LogP contribution in [0.2, 0.25) is 0 Å². The second-order valence-corrected chi connectivity index (χ2v) is 5.70. The van der Waals surface area contributed by atoms with Gasteiger partial charge in [0.15, 0.2) is 0 Å². The molecule has 0 fully saturated rings. The van der Waals surface area contributed by atoms with Gasteiger partial charge in [-0.15, -0.1) is 0 Å². The Kier molecular flexibility index (Phi) is 4.02. The summed E-state index contributed by atoms with van der Waals surface area (Å²) in [6.45, 7) is 6.11. The Bertz CT molecular complexity index is 714. The quantitative estimate of drug-likeness (QED) is 0.773. The molecular formula is C18H21N3. The molecule has 3 aromatic rings. The highest BCUT2D eigenvalue weighted by atomic mass is 15.0.